The van der Waals surface area contributed by atoms with Gasteiger partial charge >= 0.3 is 5.63 Å². The van der Waals surface area contributed by atoms with E-state index in [0.29, 0.717) is 10.9 Å². The Hall–Kier alpha value is -3.73. The van der Waals surface area contributed by atoms with Crippen LogP contribution in [0.4, 0.5) is 0 Å². The van der Waals surface area contributed by atoms with Crippen molar-refractivity contribution >= 4 is 16.8 Å². The van der Waals surface area contributed by atoms with Gasteiger partial charge in [0.2, 0.25) is 5.76 Å². The van der Waals surface area contributed by atoms with Crippen molar-refractivity contribution < 1.29 is 9.21 Å². The summed E-state index contributed by atoms with van der Waals surface area (Å²) in [6.07, 6.45) is 1.54. The van der Waals surface area contributed by atoms with E-state index >= 15 is 0 Å². The quantitative estimate of drug-likeness (QED) is 0.556. The maximum atomic E-state index is 13.1. The Morgan fingerprint density at radius 3 is 2.45 bits per heavy atom. The fourth-order valence-corrected chi connectivity index (χ4v) is 3.34. The van der Waals surface area contributed by atoms with Crippen LogP contribution in [0.1, 0.15) is 34.6 Å². The Morgan fingerprint density at radius 1 is 1.00 bits per heavy atom. The molecule has 0 aliphatic carbocycles. The molecule has 1 N–H and O–H groups in total. The minimum Gasteiger partial charge on any atom is -0.415 e. The van der Waals surface area contributed by atoms with Gasteiger partial charge in [-0.2, -0.15) is 0 Å². The molecule has 0 aliphatic heterocycles. The first kappa shape index (κ1) is 18.6. The van der Waals surface area contributed by atoms with Gasteiger partial charge in [-0.3, -0.25) is 4.79 Å². The molecule has 0 saturated heterocycles. The molecule has 29 heavy (non-hydrogen) atoms. The number of nitrogens with zero attached hydrogens (tertiary/aromatic N) is 1. The molecule has 4 rings (SSSR count). The number of nitrogens with one attached hydrogen (secondary N) is 1. The largest absolute Gasteiger partial charge is 0.415 e. The van der Waals surface area contributed by atoms with Gasteiger partial charge < -0.3 is 9.73 Å². The number of carbonyl (C=O) groups is 1. The number of aryl methyl sites for hydroxylation is 1. The second kappa shape index (κ2) is 7.72. The van der Waals surface area contributed by atoms with Gasteiger partial charge in [-0.1, -0.05) is 66.2 Å². The first-order chi connectivity index (χ1) is 14.0. The van der Waals surface area contributed by atoms with E-state index in [-0.39, 0.29) is 17.3 Å². The van der Waals surface area contributed by atoms with E-state index in [1.807, 2.05) is 68.4 Å². The van der Waals surface area contributed by atoms with Gasteiger partial charge in [0.1, 0.15) is 0 Å². The van der Waals surface area contributed by atoms with Crippen LogP contribution in [-0.2, 0) is 0 Å². The second-order valence-electron chi connectivity index (χ2n) is 6.97. The first-order valence-electron chi connectivity index (χ1n) is 9.39. The van der Waals surface area contributed by atoms with Crippen molar-refractivity contribution in [2.24, 2.45) is 0 Å². The number of benzene rings is 2. The van der Waals surface area contributed by atoms with Crippen molar-refractivity contribution in [1.29, 1.82) is 0 Å². The Morgan fingerprint density at radius 2 is 1.72 bits per heavy atom. The number of carbonyl (C=O) groups excluding carboxylic acids is 1. The predicted octanol–water partition coefficient (Wildman–Crippen LogP) is 4.65. The van der Waals surface area contributed by atoms with E-state index in [2.05, 4.69) is 10.3 Å². The van der Waals surface area contributed by atoms with Crippen molar-refractivity contribution in [2.45, 2.75) is 19.9 Å². The van der Waals surface area contributed by atoms with E-state index in [9.17, 15) is 9.59 Å². The Balaban J connectivity index is 1.85. The van der Waals surface area contributed by atoms with Crippen LogP contribution in [0.15, 0.2) is 82.1 Å². The normalized spacial score (nSPS) is 11.9. The molecular weight excluding hydrogens is 364 g/mol. The summed E-state index contributed by atoms with van der Waals surface area (Å²) in [6.45, 7) is 3.88. The van der Waals surface area contributed by atoms with E-state index < -0.39 is 11.5 Å². The van der Waals surface area contributed by atoms with Crippen molar-refractivity contribution in [3.05, 3.63) is 100 Å². The molecule has 0 saturated carbocycles. The number of rotatable bonds is 4. The van der Waals surface area contributed by atoms with E-state index in [1.54, 1.807) is 12.1 Å². The van der Waals surface area contributed by atoms with Gasteiger partial charge in [-0.05, 0) is 31.0 Å². The number of fused-ring (bicyclic) bond motifs is 1. The smallest absolute Gasteiger partial charge is 0.363 e. The zero-order chi connectivity index (χ0) is 20.4. The first-order valence-corrected chi connectivity index (χ1v) is 9.39. The number of aromatic nitrogens is 1. The Kier molecular flexibility index (Phi) is 4.96. The molecule has 5 nitrogen and oxygen atoms in total. The second-order valence-corrected chi connectivity index (χ2v) is 6.97. The summed E-state index contributed by atoms with van der Waals surface area (Å²) in [4.78, 5) is 29.8. The summed E-state index contributed by atoms with van der Waals surface area (Å²) in [5.41, 5.74) is 2.98. The highest BCUT2D eigenvalue weighted by molar-refractivity contribution is 6.06. The average molecular weight is 384 g/mol. The van der Waals surface area contributed by atoms with Crippen LogP contribution < -0.4 is 10.9 Å². The van der Waals surface area contributed by atoms with Crippen molar-refractivity contribution in [2.75, 3.05) is 0 Å². The third-order valence-electron chi connectivity index (χ3n) is 4.89. The molecule has 0 aliphatic rings. The number of amides is 1. The maximum Gasteiger partial charge on any atom is 0.363 e. The summed E-state index contributed by atoms with van der Waals surface area (Å²) in [5.74, 6) is -0.457. The van der Waals surface area contributed by atoms with E-state index in [1.165, 1.54) is 6.20 Å². The van der Waals surface area contributed by atoms with Gasteiger partial charge in [0, 0.05) is 17.1 Å². The summed E-state index contributed by atoms with van der Waals surface area (Å²) < 4.78 is 5.47. The number of pyridine rings is 1. The third-order valence-corrected chi connectivity index (χ3v) is 4.89. The summed E-state index contributed by atoms with van der Waals surface area (Å²) in [7, 11) is 0. The average Bonchev–Trinajstić information content (AvgIpc) is 2.75. The lowest BCUT2D eigenvalue weighted by atomic mass is 9.98. The molecule has 0 spiro atoms. The number of hydrogen-bond donors (Lipinski definition) is 1. The molecule has 5 heteroatoms. The zero-order valence-electron chi connectivity index (χ0n) is 16.2. The Bertz CT molecular complexity index is 1230. The van der Waals surface area contributed by atoms with Crippen LogP contribution in [0.2, 0.25) is 0 Å². The van der Waals surface area contributed by atoms with Crippen molar-refractivity contribution in [1.82, 2.24) is 10.3 Å². The van der Waals surface area contributed by atoms with Crippen LogP contribution in [0, 0.1) is 6.92 Å². The van der Waals surface area contributed by atoms with Gasteiger partial charge in [-0.15, -0.1) is 0 Å². The molecule has 1 amide bonds. The van der Waals surface area contributed by atoms with Crippen LogP contribution in [0.5, 0.6) is 0 Å². The lowest BCUT2D eigenvalue weighted by molar-refractivity contribution is 0.0909. The van der Waals surface area contributed by atoms with Crippen LogP contribution >= 0.6 is 0 Å². The standard InChI is InChI=1S/C24H20N2O3/c1-15-10-12-18(13-11-15)20-19-9-6-14-25-21(19)24(28)29-22(20)23(27)26-16(2)17-7-4-3-5-8-17/h3-14,16H,1-2H3,(H,26,27). The molecule has 0 bridgehead atoms. The minimum atomic E-state index is -0.631. The van der Waals surface area contributed by atoms with E-state index in [4.69, 9.17) is 4.42 Å². The molecule has 2 aromatic carbocycles. The molecular formula is C24H20N2O3. The highest BCUT2D eigenvalue weighted by Gasteiger charge is 2.23. The summed E-state index contributed by atoms with van der Waals surface area (Å²) in [5, 5.41) is 3.52. The van der Waals surface area contributed by atoms with Crippen LogP contribution in [0.25, 0.3) is 22.0 Å². The van der Waals surface area contributed by atoms with Gasteiger partial charge in [-0.25, -0.2) is 9.78 Å². The van der Waals surface area contributed by atoms with Crippen LogP contribution in [-0.4, -0.2) is 10.9 Å². The topological polar surface area (TPSA) is 72.2 Å². The molecule has 1 unspecified atom stereocenters. The molecule has 1 atom stereocenters. The maximum absolute atomic E-state index is 13.1. The summed E-state index contributed by atoms with van der Waals surface area (Å²) >= 11 is 0. The molecule has 2 aromatic heterocycles. The number of hydrogen-bond acceptors (Lipinski definition) is 4. The molecule has 4 aromatic rings. The third kappa shape index (κ3) is 3.67. The van der Waals surface area contributed by atoms with Crippen LogP contribution in [0.3, 0.4) is 0 Å². The fourth-order valence-electron chi connectivity index (χ4n) is 3.34. The SMILES string of the molecule is Cc1ccc(-c2c(C(=O)NC(C)c3ccccc3)oc(=O)c3ncccc23)cc1. The molecule has 0 radical (unpaired) electrons. The highest BCUT2D eigenvalue weighted by atomic mass is 16.4. The molecule has 0 fully saturated rings. The fraction of sp³-hybridized carbons (Fsp3) is 0.125. The molecule has 2 heterocycles. The van der Waals surface area contributed by atoms with Gasteiger partial charge in [0.15, 0.2) is 5.52 Å². The van der Waals surface area contributed by atoms with Crippen molar-refractivity contribution in [3.63, 3.8) is 0 Å². The lowest BCUT2D eigenvalue weighted by Crippen LogP contribution is -2.28. The molecule has 144 valence electrons. The monoisotopic (exact) mass is 384 g/mol. The highest BCUT2D eigenvalue weighted by Crippen LogP contribution is 2.30. The summed E-state index contributed by atoms with van der Waals surface area (Å²) in [6, 6.07) is 20.6. The van der Waals surface area contributed by atoms with Crippen molar-refractivity contribution in [3.8, 4) is 11.1 Å². The van der Waals surface area contributed by atoms with Gasteiger partial charge in [0.25, 0.3) is 5.91 Å². The van der Waals surface area contributed by atoms with E-state index in [0.717, 1.165) is 16.7 Å². The zero-order valence-corrected chi connectivity index (χ0v) is 16.2. The lowest BCUT2D eigenvalue weighted by Gasteiger charge is -2.16. The predicted molar refractivity (Wildman–Crippen MR) is 113 cm³/mol. The van der Waals surface area contributed by atoms with Gasteiger partial charge in [0.05, 0.1) is 6.04 Å². The Labute approximate surface area is 168 Å². The minimum absolute atomic E-state index is 0.0119.